The summed E-state index contributed by atoms with van der Waals surface area (Å²) in [7, 11) is 0. The minimum Gasteiger partial charge on any atom is -0.382 e. The predicted octanol–water partition coefficient (Wildman–Crippen LogP) is 4.11. The second-order valence-corrected chi connectivity index (χ2v) is 6.11. The molecule has 124 valence electrons. The van der Waals surface area contributed by atoms with Crippen molar-refractivity contribution >= 4 is 28.5 Å². The zero-order chi connectivity index (χ0) is 17.2. The van der Waals surface area contributed by atoms with Crippen molar-refractivity contribution < 1.29 is 4.79 Å². The molecule has 3 heterocycles. The number of aldehydes is 1. The highest BCUT2D eigenvalue weighted by atomic mass is 16.1. The predicted molar refractivity (Wildman–Crippen MR) is 99.6 cm³/mol. The number of anilines is 1. The summed E-state index contributed by atoms with van der Waals surface area (Å²) < 4.78 is 1.71. The van der Waals surface area contributed by atoms with Gasteiger partial charge in [-0.3, -0.25) is 14.2 Å². The molecule has 0 unspecified atom stereocenters. The molecular formula is C20H18N4O. The zero-order valence-electron chi connectivity index (χ0n) is 13.7. The summed E-state index contributed by atoms with van der Waals surface area (Å²) in [4.78, 5) is 19.7. The molecule has 0 aliphatic heterocycles. The third-order valence-corrected chi connectivity index (χ3v) is 4.13. The van der Waals surface area contributed by atoms with Gasteiger partial charge in [0, 0.05) is 35.1 Å². The summed E-state index contributed by atoms with van der Waals surface area (Å²) in [6.07, 6.45) is 10.8. The van der Waals surface area contributed by atoms with Crippen molar-refractivity contribution in [3.63, 3.8) is 0 Å². The van der Waals surface area contributed by atoms with E-state index in [-0.39, 0.29) is 5.82 Å². The first-order valence-corrected chi connectivity index (χ1v) is 8.34. The van der Waals surface area contributed by atoms with E-state index in [2.05, 4.69) is 16.0 Å². The molecule has 25 heavy (non-hydrogen) atoms. The molecule has 0 saturated heterocycles. The smallest absolute Gasteiger partial charge is 0.170 e. The SMILES string of the molecule is C1CC1.Nc1nc2ccc(-c3cncc4ccccc34)cn2c1C=O. The maximum Gasteiger partial charge on any atom is 0.170 e. The van der Waals surface area contributed by atoms with Crippen molar-refractivity contribution in [2.45, 2.75) is 19.3 Å². The van der Waals surface area contributed by atoms with Gasteiger partial charge in [-0.1, -0.05) is 43.5 Å². The highest BCUT2D eigenvalue weighted by molar-refractivity contribution is 5.95. The molecule has 0 atom stereocenters. The summed E-state index contributed by atoms with van der Waals surface area (Å²) in [6, 6.07) is 11.9. The molecule has 1 aromatic carbocycles. The molecule has 4 aromatic rings. The normalized spacial score (nSPS) is 12.6. The Bertz CT molecular complexity index is 1060. The molecule has 5 nitrogen and oxygen atoms in total. The van der Waals surface area contributed by atoms with Gasteiger partial charge in [0.2, 0.25) is 0 Å². The Hall–Kier alpha value is -3.21. The number of rotatable bonds is 2. The van der Waals surface area contributed by atoms with Crippen LogP contribution in [0.2, 0.25) is 0 Å². The lowest BCUT2D eigenvalue weighted by Gasteiger charge is -2.07. The molecule has 5 rings (SSSR count). The van der Waals surface area contributed by atoms with Crippen LogP contribution < -0.4 is 5.73 Å². The summed E-state index contributed by atoms with van der Waals surface area (Å²) in [6.45, 7) is 0. The average molecular weight is 330 g/mol. The number of benzene rings is 1. The van der Waals surface area contributed by atoms with Crippen LogP contribution in [0.25, 0.3) is 27.5 Å². The zero-order valence-corrected chi connectivity index (χ0v) is 13.7. The molecule has 0 spiro atoms. The number of nitrogens with zero attached hydrogens (tertiary/aromatic N) is 3. The average Bonchev–Trinajstić information content (AvgIpc) is 3.49. The van der Waals surface area contributed by atoms with Crippen molar-refractivity contribution in [1.29, 1.82) is 0 Å². The maximum atomic E-state index is 11.2. The first-order chi connectivity index (χ1) is 12.3. The van der Waals surface area contributed by atoms with Gasteiger partial charge < -0.3 is 5.73 Å². The van der Waals surface area contributed by atoms with Crippen LogP contribution in [0.3, 0.4) is 0 Å². The van der Waals surface area contributed by atoms with E-state index in [1.165, 1.54) is 19.3 Å². The third-order valence-electron chi connectivity index (χ3n) is 4.13. The fourth-order valence-corrected chi connectivity index (χ4v) is 2.70. The van der Waals surface area contributed by atoms with Gasteiger partial charge in [-0.05, 0) is 17.5 Å². The molecule has 1 saturated carbocycles. The summed E-state index contributed by atoms with van der Waals surface area (Å²) in [5.41, 5.74) is 8.74. The Labute approximate surface area is 145 Å². The summed E-state index contributed by atoms with van der Waals surface area (Å²) in [5, 5.41) is 2.18. The molecule has 2 N–H and O–H groups in total. The quantitative estimate of drug-likeness (QED) is 0.561. The number of nitrogen functional groups attached to an aromatic ring is 1. The van der Waals surface area contributed by atoms with Crippen LogP contribution in [0.4, 0.5) is 5.82 Å². The number of carbonyl (C=O) groups excluding carboxylic acids is 1. The van der Waals surface area contributed by atoms with Crippen LogP contribution in [0.5, 0.6) is 0 Å². The topological polar surface area (TPSA) is 73.3 Å². The van der Waals surface area contributed by atoms with Crippen molar-refractivity contribution in [2.75, 3.05) is 5.73 Å². The van der Waals surface area contributed by atoms with Gasteiger partial charge in [-0.15, -0.1) is 0 Å². The molecule has 0 amide bonds. The number of pyridine rings is 2. The second kappa shape index (κ2) is 6.36. The Morgan fingerprint density at radius 2 is 1.84 bits per heavy atom. The van der Waals surface area contributed by atoms with Gasteiger partial charge in [0.15, 0.2) is 12.1 Å². The van der Waals surface area contributed by atoms with Crippen LogP contribution in [0, 0.1) is 0 Å². The Balaban J connectivity index is 0.000000474. The number of hydrogen-bond donors (Lipinski definition) is 1. The van der Waals surface area contributed by atoms with E-state index in [1.807, 2.05) is 48.9 Å². The second-order valence-electron chi connectivity index (χ2n) is 6.11. The lowest BCUT2D eigenvalue weighted by molar-refractivity contribution is 0.111. The third kappa shape index (κ3) is 2.96. The number of aromatic nitrogens is 3. The first-order valence-electron chi connectivity index (χ1n) is 8.34. The van der Waals surface area contributed by atoms with E-state index in [4.69, 9.17) is 5.73 Å². The van der Waals surface area contributed by atoms with Gasteiger partial charge >= 0.3 is 0 Å². The maximum absolute atomic E-state index is 11.2. The van der Waals surface area contributed by atoms with Crippen LogP contribution in [-0.4, -0.2) is 20.7 Å². The minimum absolute atomic E-state index is 0.239. The van der Waals surface area contributed by atoms with E-state index < -0.39 is 0 Å². The van der Waals surface area contributed by atoms with Crippen LogP contribution in [0.1, 0.15) is 29.8 Å². The van der Waals surface area contributed by atoms with E-state index in [9.17, 15) is 4.79 Å². The number of hydrogen-bond acceptors (Lipinski definition) is 4. The van der Waals surface area contributed by atoms with Gasteiger partial charge in [0.1, 0.15) is 11.3 Å². The van der Waals surface area contributed by atoms with E-state index in [0.29, 0.717) is 11.3 Å². The number of imidazole rings is 1. The van der Waals surface area contributed by atoms with E-state index >= 15 is 0 Å². The monoisotopic (exact) mass is 330 g/mol. The summed E-state index contributed by atoms with van der Waals surface area (Å²) in [5.74, 6) is 0.239. The lowest BCUT2D eigenvalue weighted by atomic mass is 10.0. The fourth-order valence-electron chi connectivity index (χ4n) is 2.70. The van der Waals surface area contributed by atoms with Gasteiger partial charge in [-0.25, -0.2) is 4.98 Å². The number of carbonyl (C=O) groups is 1. The fraction of sp³-hybridized carbons (Fsp3) is 0.150. The minimum atomic E-state index is 0.239. The Kier molecular flexibility index (Phi) is 3.90. The highest BCUT2D eigenvalue weighted by Crippen LogP contribution is 2.28. The van der Waals surface area contributed by atoms with Crippen LogP contribution in [-0.2, 0) is 0 Å². The first kappa shape index (κ1) is 15.3. The van der Waals surface area contributed by atoms with Gasteiger partial charge in [-0.2, -0.15) is 0 Å². The molecule has 3 aromatic heterocycles. The molecule has 1 aliphatic rings. The van der Waals surface area contributed by atoms with E-state index in [0.717, 1.165) is 28.2 Å². The molecule has 0 bridgehead atoms. The van der Waals surface area contributed by atoms with Gasteiger partial charge in [0.25, 0.3) is 0 Å². The number of fused-ring (bicyclic) bond motifs is 2. The van der Waals surface area contributed by atoms with Crippen molar-refractivity contribution in [2.24, 2.45) is 0 Å². The van der Waals surface area contributed by atoms with Gasteiger partial charge in [0.05, 0.1) is 0 Å². The van der Waals surface area contributed by atoms with Crippen molar-refractivity contribution in [3.8, 4) is 11.1 Å². The molecule has 1 fully saturated rings. The Morgan fingerprint density at radius 3 is 2.60 bits per heavy atom. The molecule has 0 radical (unpaired) electrons. The standard InChI is InChI=1S/C17H12N4O.C3H6/c18-17-15(10-22)21-9-12(5-6-16(21)20-17)14-8-19-7-11-3-1-2-4-13(11)14;1-2-3-1/h1-10H,18H2;1-3H2. The highest BCUT2D eigenvalue weighted by Gasteiger charge is 2.11. The number of nitrogens with two attached hydrogens (primary N) is 1. The summed E-state index contributed by atoms with van der Waals surface area (Å²) >= 11 is 0. The van der Waals surface area contributed by atoms with Crippen LogP contribution in [0.15, 0.2) is 55.0 Å². The van der Waals surface area contributed by atoms with Crippen molar-refractivity contribution in [3.05, 3.63) is 60.7 Å². The molecule has 5 heteroatoms. The van der Waals surface area contributed by atoms with Crippen LogP contribution >= 0.6 is 0 Å². The Morgan fingerprint density at radius 1 is 1.04 bits per heavy atom. The van der Waals surface area contributed by atoms with Crippen molar-refractivity contribution in [1.82, 2.24) is 14.4 Å². The molecular weight excluding hydrogens is 312 g/mol. The largest absolute Gasteiger partial charge is 0.382 e. The molecule has 1 aliphatic carbocycles. The lowest BCUT2D eigenvalue weighted by Crippen LogP contribution is -1.95. The van der Waals surface area contributed by atoms with E-state index in [1.54, 1.807) is 4.40 Å².